The molecule has 11 heteroatoms. The molecule has 0 radical (unpaired) electrons. The average molecular weight is 453 g/mol. The van der Waals surface area contributed by atoms with E-state index < -0.39 is 14.2 Å². The Kier molecular flexibility index (Phi) is 6.47. The highest BCUT2D eigenvalue weighted by atomic mass is 28.4. The first-order valence-electron chi connectivity index (χ1n) is 10.2. The summed E-state index contributed by atoms with van der Waals surface area (Å²) in [6.45, 7) is 11.8. The van der Waals surface area contributed by atoms with Crippen LogP contribution < -0.4 is 16.6 Å². The molecule has 4 N–H and O–H groups in total. The van der Waals surface area contributed by atoms with Gasteiger partial charge in [0.25, 0.3) is 5.91 Å². The van der Waals surface area contributed by atoms with Crippen LogP contribution in [-0.4, -0.2) is 40.4 Å². The summed E-state index contributed by atoms with van der Waals surface area (Å²) in [5.41, 5.74) is 12.4. The molecule has 3 aromatic rings. The molecule has 3 aromatic heterocycles. The number of aromatic nitrogens is 4. The minimum atomic E-state index is -1.93. The average Bonchev–Trinajstić information content (AvgIpc) is 3.09. The molecule has 0 atom stereocenters. The third kappa shape index (κ3) is 4.87. The number of nitrogens with one attached hydrogen (secondary N) is 2. The zero-order valence-electron chi connectivity index (χ0n) is 18.9. The van der Waals surface area contributed by atoms with E-state index in [-0.39, 0.29) is 22.5 Å². The first-order valence-corrected chi connectivity index (χ1v) is 13.1. The van der Waals surface area contributed by atoms with E-state index in [1.165, 1.54) is 6.20 Å². The van der Waals surface area contributed by atoms with E-state index in [4.69, 9.17) is 10.2 Å². The van der Waals surface area contributed by atoms with E-state index in [1.807, 2.05) is 0 Å². The van der Waals surface area contributed by atoms with Crippen molar-refractivity contribution >= 4 is 37.0 Å². The number of hydrogen-bond donors (Lipinski definition) is 3. The van der Waals surface area contributed by atoms with Crippen LogP contribution in [0.1, 0.15) is 37.0 Å². The third-order valence-electron chi connectivity index (χ3n) is 5.66. The van der Waals surface area contributed by atoms with Crippen molar-refractivity contribution < 1.29 is 9.22 Å². The summed E-state index contributed by atoms with van der Waals surface area (Å²) >= 11 is 0. The Morgan fingerprint density at radius 1 is 1.31 bits per heavy atom. The van der Waals surface area contributed by atoms with Crippen molar-refractivity contribution in [1.29, 1.82) is 5.26 Å². The first-order chi connectivity index (χ1) is 15.0. The van der Waals surface area contributed by atoms with Gasteiger partial charge >= 0.3 is 0 Å². The molecule has 3 heterocycles. The highest BCUT2D eigenvalue weighted by Crippen LogP contribution is 2.36. The quantitative estimate of drug-likeness (QED) is 0.366. The summed E-state index contributed by atoms with van der Waals surface area (Å²) < 4.78 is 8.01. The predicted molar refractivity (Wildman–Crippen MR) is 125 cm³/mol. The monoisotopic (exact) mass is 452 g/mol. The van der Waals surface area contributed by atoms with Gasteiger partial charge in [-0.2, -0.15) is 15.2 Å². The van der Waals surface area contributed by atoms with Crippen LogP contribution in [0.4, 0.5) is 11.8 Å². The number of nitrogens with two attached hydrogens (primary N) is 1. The lowest BCUT2D eigenvalue weighted by Gasteiger charge is -2.36. The molecule has 3 rings (SSSR count). The number of carbonyl (C=O) groups excluding carboxylic acids is 1. The fraction of sp³-hybridized carbons (Fsp3) is 0.381. The minimum absolute atomic E-state index is 0.0150. The lowest BCUT2D eigenvalue weighted by atomic mass is 10.2. The molecule has 0 bridgehead atoms. The SMILES string of the molecule is CC(C)(C)[Si](C)(C)OCCn1c(C#N)cc2c(NNC(=O)c3ccccn3)nc(N)nc21. The standard InChI is InChI=1S/C21H28N8O2Si/c1-21(2,3)32(4,5)31-11-10-29-14(13-22)12-15-17(25-20(23)26-18(15)29)27-28-19(30)16-8-6-7-9-24-16/h6-9,12H,10-11H2,1-5H3,(H,28,30)(H3,23,25,26,27). The molecule has 10 nitrogen and oxygen atoms in total. The van der Waals surface area contributed by atoms with Gasteiger partial charge in [0.15, 0.2) is 14.1 Å². The number of fused-ring (bicyclic) bond motifs is 1. The van der Waals surface area contributed by atoms with Crippen molar-refractivity contribution in [2.45, 2.75) is 45.4 Å². The Balaban J connectivity index is 1.84. The topological polar surface area (TPSA) is 144 Å². The number of nitrogen functional groups attached to an aromatic ring is 1. The number of hydrogen-bond acceptors (Lipinski definition) is 8. The van der Waals surface area contributed by atoms with Crippen LogP contribution in [0, 0.1) is 11.3 Å². The van der Waals surface area contributed by atoms with Gasteiger partial charge < -0.3 is 14.7 Å². The Morgan fingerprint density at radius 2 is 2.06 bits per heavy atom. The van der Waals surface area contributed by atoms with Crippen LogP contribution in [0.2, 0.25) is 18.1 Å². The van der Waals surface area contributed by atoms with E-state index in [9.17, 15) is 10.1 Å². The molecule has 32 heavy (non-hydrogen) atoms. The van der Waals surface area contributed by atoms with Crippen LogP contribution in [-0.2, 0) is 11.0 Å². The molecule has 168 valence electrons. The molecule has 0 saturated carbocycles. The first kappa shape index (κ1) is 23.2. The Bertz CT molecular complexity index is 1160. The van der Waals surface area contributed by atoms with Gasteiger partial charge in [0.05, 0.1) is 12.0 Å². The van der Waals surface area contributed by atoms with Crippen LogP contribution in [0.3, 0.4) is 0 Å². The molecule has 1 amide bonds. The Hall–Kier alpha value is -3.49. The summed E-state index contributed by atoms with van der Waals surface area (Å²) in [4.78, 5) is 24.8. The van der Waals surface area contributed by atoms with Crippen LogP contribution >= 0.6 is 0 Å². The molecule has 0 aliphatic carbocycles. The molecule has 0 fully saturated rings. The van der Waals surface area contributed by atoms with E-state index in [0.29, 0.717) is 29.9 Å². The van der Waals surface area contributed by atoms with Gasteiger partial charge in [0.2, 0.25) is 5.95 Å². The Morgan fingerprint density at radius 3 is 2.69 bits per heavy atom. The fourth-order valence-electron chi connectivity index (χ4n) is 2.84. The number of pyridine rings is 1. The number of nitriles is 1. The molecule has 0 spiro atoms. The van der Waals surface area contributed by atoms with Crippen molar-refractivity contribution in [3.63, 3.8) is 0 Å². The normalized spacial score (nSPS) is 11.9. The molecule has 0 aliphatic rings. The van der Waals surface area contributed by atoms with E-state index in [0.717, 1.165) is 0 Å². The van der Waals surface area contributed by atoms with Gasteiger partial charge in [0.1, 0.15) is 23.1 Å². The lowest BCUT2D eigenvalue weighted by molar-refractivity contribution is 0.0957. The van der Waals surface area contributed by atoms with E-state index in [1.54, 1.807) is 28.8 Å². The zero-order valence-corrected chi connectivity index (χ0v) is 19.9. The van der Waals surface area contributed by atoms with Crippen LogP contribution in [0.25, 0.3) is 11.0 Å². The molecular weight excluding hydrogens is 424 g/mol. The van der Waals surface area contributed by atoms with Crippen molar-refractivity contribution in [3.8, 4) is 6.07 Å². The fourth-order valence-corrected chi connectivity index (χ4v) is 3.88. The molecule has 0 unspecified atom stereocenters. The second kappa shape index (κ2) is 8.94. The van der Waals surface area contributed by atoms with Gasteiger partial charge in [-0.05, 0) is 36.3 Å². The summed E-state index contributed by atoms with van der Waals surface area (Å²) in [6, 6.07) is 8.88. The van der Waals surface area contributed by atoms with Gasteiger partial charge in [-0.1, -0.05) is 26.8 Å². The smallest absolute Gasteiger partial charge is 0.288 e. The number of amides is 1. The molecular formula is C21H28N8O2Si. The lowest BCUT2D eigenvalue weighted by Crippen LogP contribution is -2.41. The number of hydrazine groups is 1. The van der Waals surface area contributed by atoms with E-state index >= 15 is 0 Å². The van der Waals surface area contributed by atoms with Gasteiger partial charge in [-0.3, -0.25) is 20.6 Å². The number of nitrogens with zero attached hydrogens (tertiary/aromatic N) is 5. The summed E-state index contributed by atoms with van der Waals surface area (Å²) in [7, 11) is -1.93. The summed E-state index contributed by atoms with van der Waals surface area (Å²) in [6.07, 6.45) is 1.53. The van der Waals surface area contributed by atoms with Crippen molar-refractivity contribution in [2.24, 2.45) is 0 Å². The number of anilines is 2. The van der Waals surface area contributed by atoms with Gasteiger partial charge in [0, 0.05) is 12.7 Å². The van der Waals surface area contributed by atoms with Crippen LogP contribution in [0.15, 0.2) is 30.5 Å². The second-order valence-electron chi connectivity index (χ2n) is 8.86. The predicted octanol–water partition coefficient (Wildman–Crippen LogP) is 3.06. The largest absolute Gasteiger partial charge is 0.415 e. The highest BCUT2D eigenvalue weighted by molar-refractivity contribution is 6.74. The molecule has 0 saturated heterocycles. The van der Waals surface area contributed by atoms with Crippen molar-refractivity contribution in [3.05, 3.63) is 41.9 Å². The minimum Gasteiger partial charge on any atom is -0.415 e. The zero-order chi connectivity index (χ0) is 23.5. The summed E-state index contributed by atoms with van der Waals surface area (Å²) in [5.74, 6) is -0.128. The summed E-state index contributed by atoms with van der Waals surface area (Å²) in [5, 5.41) is 10.3. The van der Waals surface area contributed by atoms with Gasteiger partial charge in [-0.15, -0.1) is 0 Å². The molecule has 0 aliphatic heterocycles. The maximum absolute atomic E-state index is 12.3. The maximum Gasteiger partial charge on any atom is 0.288 e. The highest BCUT2D eigenvalue weighted by Gasteiger charge is 2.37. The Labute approximate surface area is 187 Å². The number of rotatable bonds is 7. The van der Waals surface area contributed by atoms with Crippen molar-refractivity contribution in [2.75, 3.05) is 17.8 Å². The second-order valence-corrected chi connectivity index (χ2v) is 13.7. The molecule has 0 aromatic carbocycles. The third-order valence-corrected chi connectivity index (χ3v) is 10.2. The number of carbonyl (C=O) groups is 1. The maximum atomic E-state index is 12.3. The van der Waals surface area contributed by atoms with E-state index in [2.05, 4.69) is 65.7 Å². The van der Waals surface area contributed by atoms with Crippen LogP contribution in [0.5, 0.6) is 0 Å². The van der Waals surface area contributed by atoms with Crippen molar-refractivity contribution in [1.82, 2.24) is 24.9 Å². The van der Waals surface area contributed by atoms with Gasteiger partial charge in [-0.25, -0.2) is 0 Å².